The summed E-state index contributed by atoms with van der Waals surface area (Å²) in [5.74, 6) is -15.9. The number of likely N-dealkylation sites (tertiary alicyclic amines) is 2. The number of benzene rings is 3. The Hall–Kier alpha value is -6.36. The van der Waals surface area contributed by atoms with Gasteiger partial charge in [-0.05, 0) is 112 Å². The van der Waals surface area contributed by atoms with Crippen molar-refractivity contribution in [2.75, 3.05) is 27.2 Å². The first-order valence-corrected chi connectivity index (χ1v) is 27.5. The molecule has 0 unspecified atom stereocenters. The van der Waals surface area contributed by atoms with E-state index < -0.39 is 166 Å². The van der Waals surface area contributed by atoms with E-state index in [0.717, 1.165) is 47.9 Å². The third-order valence-corrected chi connectivity index (χ3v) is 16.0. The smallest absolute Gasteiger partial charge is 0.257 e. The zero-order valence-electron chi connectivity index (χ0n) is 48.0. The van der Waals surface area contributed by atoms with Gasteiger partial charge < -0.3 is 52.3 Å². The summed E-state index contributed by atoms with van der Waals surface area (Å²) in [6.45, 7) is 12.6. The number of aryl methyl sites for hydroxylation is 2. The summed E-state index contributed by atoms with van der Waals surface area (Å²) in [6.07, 6.45) is 3.60. The Morgan fingerprint density at radius 2 is 0.878 bits per heavy atom. The molecule has 8 amide bonds. The van der Waals surface area contributed by atoms with Gasteiger partial charge in [-0.25, -0.2) is 17.6 Å². The van der Waals surface area contributed by atoms with E-state index in [1.54, 1.807) is 69.5 Å². The third-order valence-electron chi connectivity index (χ3n) is 16.0. The fourth-order valence-electron chi connectivity index (χ4n) is 11.2. The second-order valence-electron chi connectivity index (χ2n) is 23.8. The van der Waals surface area contributed by atoms with Crippen molar-refractivity contribution >= 4 is 72.1 Å². The van der Waals surface area contributed by atoms with Gasteiger partial charge in [-0.3, -0.25) is 38.4 Å². The van der Waals surface area contributed by atoms with E-state index in [9.17, 15) is 38.4 Å². The van der Waals surface area contributed by atoms with Crippen molar-refractivity contribution in [1.29, 1.82) is 0 Å². The molecule has 0 saturated carbocycles. The molecule has 3 aromatic rings. The lowest BCUT2D eigenvalue weighted by Gasteiger charge is -2.36. The minimum atomic E-state index is -2.36. The van der Waals surface area contributed by atoms with Crippen LogP contribution in [0.15, 0.2) is 48.5 Å². The minimum Gasteiger partial charge on any atom is -0.347 e. The van der Waals surface area contributed by atoms with E-state index >= 15 is 17.6 Å². The van der Waals surface area contributed by atoms with Crippen molar-refractivity contribution in [3.05, 3.63) is 105 Å². The number of halogens is 6. The van der Waals surface area contributed by atoms with Crippen molar-refractivity contribution in [3.63, 3.8) is 0 Å². The molecule has 10 atom stereocenters. The molecule has 2 heterocycles. The van der Waals surface area contributed by atoms with Crippen LogP contribution in [0.25, 0.3) is 0 Å². The molecule has 0 bridgehead atoms. The summed E-state index contributed by atoms with van der Waals surface area (Å²) >= 11 is 0. The van der Waals surface area contributed by atoms with Gasteiger partial charge in [0.05, 0.1) is 24.2 Å². The first-order valence-electron chi connectivity index (χ1n) is 27.5. The van der Waals surface area contributed by atoms with Crippen LogP contribution >= 0.6 is 24.8 Å². The van der Waals surface area contributed by atoms with E-state index in [-0.39, 0.29) is 37.7 Å². The van der Waals surface area contributed by atoms with Crippen LogP contribution in [0.1, 0.15) is 149 Å². The van der Waals surface area contributed by atoms with Crippen molar-refractivity contribution in [3.8, 4) is 0 Å². The van der Waals surface area contributed by atoms with Gasteiger partial charge in [0, 0.05) is 25.2 Å². The summed E-state index contributed by atoms with van der Waals surface area (Å²) < 4.78 is 64.3. The van der Waals surface area contributed by atoms with E-state index in [1.807, 2.05) is 48.5 Å². The van der Waals surface area contributed by atoms with Crippen LogP contribution in [-0.4, -0.2) is 133 Å². The maximum Gasteiger partial charge on any atom is 0.257 e. The zero-order chi connectivity index (χ0) is 58.7. The number of fused-ring (bicyclic) bond motifs is 2. The maximum absolute atomic E-state index is 16.8. The molecule has 3 aromatic carbocycles. The molecule has 24 heteroatoms. The average Bonchev–Trinajstić information content (AvgIpc) is 4.17. The molecular weight excluding hydrogens is 1110 g/mol. The second kappa shape index (κ2) is 27.4. The van der Waals surface area contributed by atoms with Crippen LogP contribution in [0.5, 0.6) is 0 Å². The fraction of sp³-hybridized carbons (Fsp3) is 0.552. The van der Waals surface area contributed by atoms with Crippen molar-refractivity contribution in [2.24, 2.45) is 10.8 Å². The number of likely N-dealkylation sites (N-methyl/N-ethyl adjacent to an activating group) is 2. The summed E-state index contributed by atoms with van der Waals surface area (Å²) in [6, 6.07) is 5.29. The lowest BCUT2D eigenvalue weighted by atomic mass is 9.85. The van der Waals surface area contributed by atoms with Crippen molar-refractivity contribution in [2.45, 2.75) is 167 Å². The normalized spacial score (nSPS) is 21.8. The Balaban J connectivity index is 0.00000616. The number of hydrogen-bond donors (Lipinski definition) is 8. The number of nitrogens with one attached hydrogen (secondary N) is 8. The third kappa shape index (κ3) is 14.5. The highest BCUT2D eigenvalue weighted by molar-refractivity contribution is 6.02. The summed E-state index contributed by atoms with van der Waals surface area (Å²) in [5.41, 5.74) is -1.37. The number of carbonyl (C=O) groups is 8. The van der Waals surface area contributed by atoms with Gasteiger partial charge in [0.15, 0.2) is 23.3 Å². The summed E-state index contributed by atoms with van der Waals surface area (Å²) in [4.78, 5) is 115. The first kappa shape index (κ1) is 66.4. The Morgan fingerprint density at radius 3 is 1.22 bits per heavy atom. The van der Waals surface area contributed by atoms with Crippen molar-refractivity contribution < 1.29 is 55.9 Å². The van der Waals surface area contributed by atoms with Gasteiger partial charge in [-0.15, -0.1) is 24.8 Å². The molecular formula is C58H78Cl2F4N10O8. The van der Waals surface area contributed by atoms with E-state index in [4.69, 9.17) is 0 Å². The van der Waals surface area contributed by atoms with Gasteiger partial charge in [0.1, 0.15) is 35.3 Å². The summed E-state index contributed by atoms with van der Waals surface area (Å²) in [5, 5.41) is 22.0. The molecule has 2 aliphatic heterocycles. The molecule has 2 aliphatic carbocycles. The highest BCUT2D eigenvalue weighted by Crippen LogP contribution is 2.35. The Morgan fingerprint density at radius 1 is 0.524 bits per heavy atom. The molecule has 0 spiro atoms. The number of carbonyl (C=O) groups excluding carboxylic acids is 8. The number of amides is 8. The fourth-order valence-corrected chi connectivity index (χ4v) is 11.2. The lowest BCUT2D eigenvalue weighted by molar-refractivity contribution is -0.144. The van der Waals surface area contributed by atoms with Crippen LogP contribution in [0.4, 0.5) is 17.6 Å². The molecule has 0 radical (unpaired) electrons. The standard InChI is InChI=1S/C58H76F4N10O8.2ClH/c1-29(63-9)49(73)69-47(57(3,4)5)55(79)71-27-33(25-39(71)51(75)67-37-23-15-19-31-17-11-13-21-35(31)37)65-53(77)41-43(59)42(45(61)46(62)44(41)60)54(78)66-34-26-40(52(76)68-38-24-16-20-32-18-12-14-22-36(32)38)72(28-34)56(80)48(58(6,7)8)70-50(74)30(2)64-10;;/h11-14,17-18,21-22,29-30,33-34,37-40,47-48,63-64H,15-16,19-20,23-28H2,1-10H3,(H,65,77)(H,66,78)(H,67,75)(H,68,76)(H,69,73)(H,70,74);2*1H/t29-,30-,33-,34-,37+,38+,39-,40-,47+,48+;;/m0../s1. The number of hydrogen-bond acceptors (Lipinski definition) is 10. The summed E-state index contributed by atoms with van der Waals surface area (Å²) in [7, 11) is 3.12. The molecule has 2 fully saturated rings. The highest BCUT2D eigenvalue weighted by atomic mass is 35.5. The van der Waals surface area contributed by atoms with E-state index in [0.29, 0.717) is 12.8 Å². The lowest BCUT2D eigenvalue weighted by Crippen LogP contribution is -2.59. The Kier molecular flexibility index (Phi) is 22.2. The Bertz CT molecular complexity index is 2720. The van der Waals surface area contributed by atoms with Gasteiger partial charge in [-0.1, -0.05) is 90.1 Å². The minimum absolute atomic E-state index is 0. The number of nitrogens with zero attached hydrogens (tertiary/aromatic N) is 2. The maximum atomic E-state index is 16.8. The molecule has 2 saturated heterocycles. The van der Waals surface area contributed by atoms with Crippen LogP contribution in [0.2, 0.25) is 0 Å². The monoisotopic (exact) mass is 1190 g/mol. The second-order valence-corrected chi connectivity index (χ2v) is 23.8. The predicted molar refractivity (Wildman–Crippen MR) is 304 cm³/mol. The number of rotatable bonds is 16. The Labute approximate surface area is 488 Å². The molecule has 4 aliphatic rings. The first-order chi connectivity index (χ1) is 37.7. The molecule has 7 rings (SSSR count). The van der Waals surface area contributed by atoms with E-state index in [1.165, 1.54) is 9.80 Å². The van der Waals surface area contributed by atoms with Crippen LogP contribution in [-0.2, 0) is 41.6 Å². The molecule has 8 N–H and O–H groups in total. The average molecular weight is 1190 g/mol. The quantitative estimate of drug-likeness (QED) is 0.0533. The van der Waals surface area contributed by atoms with Crippen molar-refractivity contribution in [1.82, 2.24) is 52.3 Å². The van der Waals surface area contributed by atoms with Crippen LogP contribution in [0.3, 0.4) is 0 Å². The molecule has 18 nitrogen and oxygen atoms in total. The molecule has 450 valence electrons. The van der Waals surface area contributed by atoms with Gasteiger partial charge >= 0.3 is 0 Å². The SMILES string of the molecule is CN[C@@H](C)C(=O)N[C@H](C(=O)N1C[C@@H](NC(=O)c2c(F)c(F)c(F)c(C(=O)N[C@H]3C[C@@H](C(=O)N[C@@H]4CCCc5ccccc54)N(C(=O)[C@@H](NC(=O)[C@H](C)NC)C(C)(C)C)C3)c2F)C[C@H]1C(=O)N[C@@H]1CCCc2ccccc21)C(C)(C)C.Cl.Cl. The zero-order valence-corrected chi connectivity index (χ0v) is 49.6. The van der Waals surface area contributed by atoms with E-state index in [2.05, 4.69) is 42.5 Å². The van der Waals surface area contributed by atoms with Crippen LogP contribution < -0.4 is 42.5 Å². The van der Waals surface area contributed by atoms with Crippen LogP contribution in [0, 0.1) is 34.1 Å². The highest BCUT2D eigenvalue weighted by Gasteiger charge is 2.49. The van der Waals surface area contributed by atoms with Gasteiger partial charge in [0.2, 0.25) is 35.4 Å². The predicted octanol–water partition coefficient (Wildman–Crippen LogP) is 5.15. The largest absolute Gasteiger partial charge is 0.347 e. The van der Waals surface area contributed by atoms with Gasteiger partial charge in [0.25, 0.3) is 11.8 Å². The topological polar surface area (TPSA) is 239 Å². The molecule has 0 aromatic heterocycles. The van der Waals surface area contributed by atoms with Gasteiger partial charge in [-0.2, -0.15) is 0 Å². The molecule has 82 heavy (non-hydrogen) atoms.